The maximum absolute atomic E-state index is 9.53. The van der Waals surface area contributed by atoms with Crippen molar-refractivity contribution < 1.29 is 0 Å². The number of hydrogen-bond donors (Lipinski definition) is 0. The summed E-state index contributed by atoms with van der Waals surface area (Å²) in [4.78, 5) is 14.4. The Morgan fingerprint density at radius 2 is 0.823 bits per heavy atom. The summed E-state index contributed by atoms with van der Waals surface area (Å²) < 4.78 is 0. The van der Waals surface area contributed by atoms with Crippen molar-refractivity contribution in [2.24, 2.45) is 0 Å². The van der Waals surface area contributed by atoms with Gasteiger partial charge in [0.1, 0.15) is 0 Å². The van der Waals surface area contributed by atoms with Crippen molar-refractivity contribution in [2.75, 3.05) is 0 Å². The van der Waals surface area contributed by atoms with Crippen LogP contribution >= 0.6 is 0 Å². The van der Waals surface area contributed by atoms with Crippen LogP contribution in [0.15, 0.2) is 218 Å². The predicted molar refractivity (Wildman–Crippen MR) is 254 cm³/mol. The van der Waals surface area contributed by atoms with Crippen LogP contribution in [0, 0.1) is 17.9 Å². The Labute approximate surface area is 361 Å². The monoisotopic (exact) mass is 788 g/mol. The second kappa shape index (κ2) is 16.5. The number of nitriles is 1. The van der Waals surface area contributed by atoms with Crippen LogP contribution in [0.4, 0.5) is 5.69 Å². The lowest BCUT2D eigenvalue weighted by molar-refractivity contribution is 1.23. The Morgan fingerprint density at radius 1 is 0.371 bits per heavy atom. The van der Waals surface area contributed by atoms with Gasteiger partial charge in [0.25, 0.3) is 0 Å². The Balaban J connectivity index is 1.17. The van der Waals surface area contributed by atoms with Gasteiger partial charge >= 0.3 is 0 Å². The lowest BCUT2D eigenvalue weighted by Gasteiger charge is -2.16. The molecule has 0 aliphatic rings. The van der Waals surface area contributed by atoms with Crippen LogP contribution in [0.25, 0.3) is 105 Å². The average Bonchev–Trinajstić information content (AvgIpc) is 3.36. The van der Waals surface area contributed by atoms with Crippen molar-refractivity contribution in [3.63, 3.8) is 0 Å². The molecule has 0 fully saturated rings. The van der Waals surface area contributed by atoms with E-state index in [2.05, 4.69) is 169 Å². The van der Waals surface area contributed by atoms with E-state index in [1.165, 1.54) is 5.56 Å². The van der Waals surface area contributed by atoms with E-state index >= 15 is 0 Å². The largest absolute Gasteiger partial charge is 0.238 e. The summed E-state index contributed by atoms with van der Waals surface area (Å²) in [5.41, 5.74) is 17.6. The molecule has 0 aliphatic carbocycles. The molecule has 288 valence electrons. The van der Waals surface area contributed by atoms with Gasteiger partial charge in [-0.3, -0.25) is 0 Å². The van der Waals surface area contributed by atoms with E-state index < -0.39 is 0 Å². The number of nitrogens with zero attached hydrogens (tertiary/aromatic N) is 4. The average molecular weight is 789 g/mol. The highest BCUT2D eigenvalue weighted by Crippen LogP contribution is 2.40. The zero-order valence-electron chi connectivity index (χ0n) is 33.6. The van der Waals surface area contributed by atoms with Crippen LogP contribution in [-0.2, 0) is 0 Å². The van der Waals surface area contributed by atoms with Crippen molar-refractivity contribution in [3.8, 4) is 95.5 Å². The molecule has 9 aromatic carbocycles. The van der Waals surface area contributed by atoms with Crippen molar-refractivity contribution in [1.29, 1.82) is 5.26 Å². The molecule has 0 bridgehead atoms. The summed E-state index contributed by atoms with van der Waals surface area (Å²) >= 11 is 0. The molecule has 0 aliphatic heterocycles. The molecule has 62 heavy (non-hydrogen) atoms. The quantitative estimate of drug-likeness (QED) is 0.144. The molecular formula is C58H36N4. The molecule has 0 N–H and O–H groups in total. The van der Waals surface area contributed by atoms with Crippen LogP contribution in [0.2, 0.25) is 0 Å². The van der Waals surface area contributed by atoms with E-state index in [1.807, 2.05) is 60.7 Å². The zero-order chi connectivity index (χ0) is 41.8. The summed E-state index contributed by atoms with van der Waals surface area (Å²) in [6.45, 7) is 7.55. The molecule has 4 nitrogen and oxygen atoms in total. The van der Waals surface area contributed by atoms with Crippen LogP contribution in [0.3, 0.4) is 0 Å². The molecule has 0 radical (unpaired) electrons. The molecule has 1 heterocycles. The number of hydrogen-bond acceptors (Lipinski definition) is 3. The first kappa shape index (κ1) is 37.6. The van der Waals surface area contributed by atoms with Crippen LogP contribution in [-0.4, -0.2) is 9.97 Å². The van der Waals surface area contributed by atoms with E-state index in [0.29, 0.717) is 17.1 Å². The minimum atomic E-state index is 0.607. The summed E-state index contributed by atoms with van der Waals surface area (Å²) in [5.74, 6) is 0.612. The van der Waals surface area contributed by atoms with Crippen LogP contribution in [0.1, 0.15) is 5.56 Å². The number of aromatic nitrogens is 2. The van der Waals surface area contributed by atoms with Gasteiger partial charge in [-0.1, -0.05) is 188 Å². The standard InChI is InChI=1S/C58H36N4/c1-60-53-17-9-16-51(35-53)45-24-30-48(31-25-45)56-55-37-52(46-20-18-42(19-21-46)40-11-4-2-5-12-40)36-54(47-28-22-43(23-29-47)41-13-6-3-7-14-41)57(55)62-58(61-56)49-32-26-44(27-33-49)50-15-8-10-39(34-50)38-59/h2-37H. The Bertz CT molecular complexity index is 3310. The van der Waals surface area contributed by atoms with Crippen LogP contribution in [0.5, 0.6) is 0 Å². The minimum Gasteiger partial charge on any atom is -0.238 e. The van der Waals surface area contributed by atoms with Crippen molar-refractivity contribution >= 4 is 16.6 Å². The molecule has 10 aromatic rings. The highest BCUT2D eigenvalue weighted by Gasteiger charge is 2.18. The summed E-state index contributed by atoms with van der Waals surface area (Å²) in [6.07, 6.45) is 0. The van der Waals surface area contributed by atoms with Crippen molar-refractivity contribution in [2.45, 2.75) is 0 Å². The minimum absolute atomic E-state index is 0.607. The van der Waals surface area contributed by atoms with Gasteiger partial charge < -0.3 is 0 Å². The van der Waals surface area contributed by atoms with Crippen molar-refractivity contribution in [1.82, 2.24) is 9.97 Å². The first-order valence-electron chi connectivity index (χ1n) is 20.5. The van der Waals surface area contributed by atoms with Crippen LogP contribution < -0.4 is 0 Å². The Kier molecular flexibility index (Phi) is 10.0. The van der Waals surface area contributed by atoms with E-state index in [1.54, 1.807) is 0 Å². The van der Waals surface area contributed by atoms with Gasteiger partial charge in [-0.25, -0.2) is 14.8 Å². The number of benzene rings is 9. The second-order valence-corrected chi connectivity index (χ2v) is 15.2. The molecule has 0 saturated heterocycles. The SMILES string of the molecule is [C-]#[N+]c1cccc(-c2ccc(-c3nc(-c4ccc(-c5cccc(C#N)c5)cc4)nc4c(-c5ccc(-c6ccccc6)cc5)cc(-c5ccc(-c6ccccc6)cc5)cc34)cc2)c1. The zero-order valence-corrected chi connectivity index (χ0v) is 33.6. The van der Waals surface area contributed by atoms with E-state index in [-0.39, 0.29) is 0 Å². The fourth-order valence-corrected chi connectivity index (χ4v) is 8.08. The molecule has 0 atom stereocenters. The van der Waals surface area contributed by atoms with E-state index in [4.69, 9.17) is 16.5 Å². The number of rotatable bonds is 8. The normalized spacial score (nSPS) is 10.9. The summed E-state index contributed by atoms with van der Waals surface area (Å²) in [7, 11) is 0. The third-order valence-corrected chi connectivity index (χ3v) is 11.4. The topological polar surface area (TPSA) is 53.9 Å². The lowest BCUT2D eigenvalue weighted by atomic mass is 9.92. The molecule has 1 aromatic heterocycles. The van der Waals surface area contributed by atoms with E-state index in [0.717, 1.165) is 88.9 Å². The maximum Gasteiger partial charge on any atom is 0.187 e. The smallest absolute Gasteiger partial charge is 0.187 e. The molecule has 4 heteroatoms. The van der Waals surface area contributed by atoms with Gasteiger partial charge in [-0.05, 0) is 91.5 Å². The molecule has 10 rings (SSSR count). The first-order valence-corrected chi connectivity index (χ1v) is 20.5. The fourth-order valence-electron chi connectivity index (χ4n) is 8.08. The molecular weight excluding hydrogens is 753 g/mol. The number of fused-ring (bicyclic) bond motifs is 1. The van der Waals surface area contributed by atoms with Gasteiger partial charge in [0, 0.05) is 22.1 Å². The molecule has 0 amide bonds. The third kappa shape index (κ3) is 7.53. The second-order valence-electron chi connectivity index (χ2n) is 15.2. The first-order chi connectivity index (χ1) is 30.6. The van der Waals surface area contributed by atoms with Crippen molar-refractivity contribution in [3.05, 3.63) is 235 Å². The van der Waals surface area contributed by atoms with Gasteiger partial charge in [-0.2, -0.15) is 5.26 Å². The Morgan fingerprint density at radius 3 is 1.39 bits per heavy atom. The highest BCUT2D eigenvalue weighted by molar-refractivity contribution is 6.04. The van der Waals surface area contributed by atoms with Gasteiger partial charge in [0.15, 0.2) is 11.5 Å². The highest BCUT2D eigenvalue weighted by atomic mass is 14.9. The van der Waals surface area contributed by atoms with Gasteiger partial charge in [0.05, 0.1) is 29.4 Å². The van der Waals surface area contributed by atoms with E-state index in [9.17, 15) is 5.26 Å². The Hall–Kier alpha value is -8.70. The fraction of sp³-hybridized carbons (Fsp3) is 0. The molecule has 0 saturated carbocycles. The molecule has 0 unspecified atom stereocenters. The summed E-state index contributed by atoms with van der Waals surface area (Å²) in [6, 6.07) is 77.2. The van der Waals surface area contributed by atoms with Gasteiger partial charge in [0.2, 0.25) is 0 Å². The maximum atomic E-state index is 9.53. The predicted octanol–water partition coefficient (Wildman–Crippen LogP) is 15.4. The van der Waals surface area contributed by atoms with Gasteiger partial charge in [-0.15, -0.1) is 0 Å². The third-order valence-electron chi connectivity index (χ3n) is 11.4. The molecule has 0 spiro atoms. The summed E-state index contributed by atoms with van der Waals surface area (Å²) in [5, 5.41) is 10.5. The lowest BCUT2D eigenvalue weighted by Crippen LogP contribution is -1.98.